The number of hydrogen-bond acceptors (Lipinski definition) is 7. The number of nitrogen functional groups attached to an aromatic ring is 1. The van der Waals surface area contributed by atoms with Crippen molar-refractivity contribution in [3.63, 3.8) is 0 Å². The number of rotatable bonds is 4. The molecule has 0 saturated carbocycles. The van der Waals surface area contributed by atoms with Gasteiger partial charge in [0.2, 0.25) is 5.82 Å². The zero-order valence-corrected chi connectivity index (χ0v) is 9.92. The minimum atomic E-state index is -0.555. The Morgan fingerprint density at radius 1 is 1.28 bits per heavy atom. The van der Waals surface area contributed by atoms with Crippen molar-refractivity contribution >= 4 is 23.3 Å². The lowest BCUT2D eigenvalue weighted by Crippen LogP contribution is -2.11. The molecule has 0 aliphatic heterocycles. The van der Waals surface area contributed by atoms with Gasteiger partial charge in [-0.25, -0.2) is 15.8 Å². The van der Waals surface area contributed by atoms with E-state index in [0.717, 1.165) is 4.90 Å². The van der Waals surface area contributed by atoms with E-state index in [9.17, 15) is 10.1 Å². The van der Waals surface area contributed by atoms with Gasteiger partial charge in [0, 0.05) is 4.90 Å². The summed E-state index contributed by atoms with van der Waals surface area (Å²) in [5, 5.41) is 11.3. The van der Waals surface area contributed by atoms with Crippen LogP contribution in [0.1, 0.15) is 0 Å². The van der Waals surface area contributed by atoms with Crippen molar-refractivity contribution in [2.45, 2.75) is 9.92 Å². The highest BCUT2D eigenvalue weighted by atomic mass is 32.2. The van der Waals surface area contributed by atoms with Crippen LogP contribution in [0.15, 0.2) is 46.6 Å². The predicted octanol–water partition coefficient (Wildman–Crippen LogP) is 1.82. The number of hydrazine groups is 1. The third-order valence-electron chi connectivity index (χ3n) is 2.07. The van der Waals surface area contributed by atoms with Gasteiger partial charge in [0.1, 0.15) is 6.33 Å². The van der Waals surface area contributed by atoms with Gasteiger partial charge >= 0.3 is 5.69 Å². The molecule has 0 aliphatic carbocycles. The minimum absolute atomic E-state index is 0.00608. The van der Waals surface area contributed by atoms with Crippen molar-refractivity contribution in [2.24, 2.45) is 5.84 Å². The Kier molecular flexibility index (Phi) is 3.70. The first-order chi connectivity index (χ1) is 8.72. The molecule has 0 spiro atoms. The van der Waals surface area contributed by atoms with Gasteiger partial charge in [-0.05, 0) is 12.1 Å². The molecular weight excluding hydrogens is 254 g/mol. The third kappa shape index (κ3) is 2.55. The number of nitrogens with zero attached hydrogens (tertiary/aromatic N) is 3. The first-order valence-corrected chi connectivity index (χ1v) is 5.73. The van der Waals surface area contributed by atoms with E-state index in [1.165, 1.54) is 18.1 Å². The molecule has 1 aromatic carbocycles. The zero-order chi connectivity index (χ0) is 13.0. The van der Waals surface area contributed by atoms with E-state index >= 15 is 0 Å². The largest absolute Gasteiger partial charge is 0.344 e. The fourth-order valence-electron chi connectivity index (χ4n) is 1.31. The van der Waals surface area contributed by atoms with E-state index in [0.29, 0.717) is 0 Å². The fourth-order valence-corrected chi connectivity index (χ4v) is 2.19. The third-order valence-corrected chi connectivity index (χ3v) is 3.07. The van der Waals surface area contributed by atoms with Crippen LogP contribution >= 0.6 is 11.8 Å². The summed E-state index contributed by atoms with van der Waals surface area (Å²) in [6.07, 6.45) is 1.23. The predicted molar refractivity (Wildman–Crippen MR) is 67.1 cm³/mol. The first kappa shape index (κ1) is 12.3. The van der Waals surface area contributed by atoms with Crippen molar-refractivity contribution in [3.05, 3.63) is 46.8 Å². The van der Waals surface area contributed by atoms with Gasteiger partial charge in [-0.1, -0.05) is 30.0 Å². The highest BCUT2D eigenvalue weighted by Crippen LogP contribution is 2.35. The van der Waals surface area contributed by atoms with Crippen molar-refractivity contribution in [3.8, 4) is 0 Å². The molecule has 0 aliphatic rings. The molecule has 2 rings (SSSR count). The summed E-state index contributed by atoms with van der Waals surface area (Å²) >= 11 is 1.18. The van der Waals surface area contributed by atoms with E-state index < -0.39 is 4.92 Å². The summed E-state index contributed by atoms with van der Waals surface area (Å²) in [5.74, 6) is 5.19. The van der Waals surface area contributed by atoms with Gasteiger partial charge in [-0.3, -0.25) is 10.1 Å². The SMILES string of the molecule is NNc1ncnc(Sc2ccccc2)c1[N+](=O)[O-]. The summed E-state index contributed by atoms with van der Waals surface area (Å²) in [6, 6.07) is 9.23. The normalized spacial score (nSPS) is 10.1. The zero-order valence-electron chi connectivity index (χ0n) is 9.11. The number of aromatic nitrogens is 2. The number of nitrogens with one attached hydrogen (secondary N) is 1. The quantitative estimate of drug-likeness (QED) is 0.375. The van der Waals surface area contributed by atoms with Crippen molar-refractivity contribution in [1.82, 2.24) is 9.97 Å². The van der Waals surface area contributed by atoms with Crippen LogP contribution in [0.2, 0.25) is 0 Å². The monoisotopic (exact) mass is 263 g/mol. The molecule has 0 saturated heterocycles. The van der Waals surface area contributed by atoms with E-state index in [2.05, 4.69) is 15.4 Å². The van der Waals surface area contributed by atoms with Gasteiger partial charge < -0.3 is 5.43 Å². The molecule has 0 unspecified atom stereocenters. The standard InChI is InChI=1S/C10H9N5O2S/c11-14-9-8(15(16)17)10(13-6-12-9)18-7-4-2-1-3-5-7/h1-6H,11H2,(H,12,13,14). The van der Waals surface area contributed by atoms with Crippen LogP contribution in [0.3, 0.4) is 0 Å². The highest BCUT2D eigenvalue weighted by Gasteiger charge is 2.22. The van der Waals surface area contributed by atoms with Crippen LogP contribution in [0.4, 0.5) is 11.5 Å². The average Bonchev–Trinajstić information content (AvgIpc) is 2.39. The van der Waals surface area contributed by atoms with Gasteiger partial charge in [0.05, 0.1) is 4.92 Å². The van der Waals surface area contributed by atoms with E-state index in [1.807, 2.05) is 30.3 Å². The number of hydrogen-bond donors (Lipinski definition) is 2. The maximum absolute atomic E-state index is 11.0. The average molecular weight is 263 g/mol. The lowest BCUT2D eigenvalue weighted by atomic mass is 10.4. The second-order valence-electron chi connectivity index (χ2n) is 3.19. The summed E-state index contributed by atoms with van der Waals surface area (Å²) in [6.45, 7) is 0. The Morgan fingerprint density at radius 2 is 2.00 bits per heavy atom. The molecular formula is C10H9N5O2S. The van der Waals surface area contributed by atoms with Gasteiger partial charge in [-0.15, -0.1) is 0 Å². The van der Waals surface area contributed by atoms with Gasteiger partial charge in [-0.2, -0.15) is 0 Å². The van der Waals surface area contributed by atoms with Crippen molar-refractivity contribution in [1.29, 1.82) is 0 Å². The van der Waals surface area contributed by atoms with Crippen molar-refractivity contribution in [2.75, 3.05) is 5.43 Å². The van der Waals surface area contributed by atoms with E-state index in [1.54, 1.807) is 0 Å². The first-order valence-electron chi connectivity index (χ1n) is 4.91. The summed E-state index contributed by atoms with van der Waals surface area (Å²) in [4.78, 5) is 18.9. The van der Waals surface area contributed by atoms with E-state index in [-0.39, 0.29) is 16.5 Å². The number of nitrogens with two attached hydrogens (primary N) is 1. The second-order valence-corrected chi connectivity index (χ2v) is 4.25. The topological polar surface area (TPSA) is 107 Å². The summed E-state index contributed by atoms with van der Waals surface area (Å²) in [7, 11) is 0. The molecule has 1 aromatic heterocycles. The molecule has 18 heavy (non-hydrogen) atoms. The molecule has 2 aromatic rings. The van der Waals surface area contributed by atoms with Crippen LogP contribution in [0.5, 0.6) is 0 Å². The van der Waals surface area contributed by atoms with Crippen LogP contribution < -0.4 is 11.3 Å². The Morgan fingerprint density at radius 3 is 2.61 bits per heavy atom. The van der Waals surface area contributed by atoms with Crippen molar-refractivity contribution < 1.29 is 4.92 Å². The number of benzene rings is 1. The molecule has 0 atom stereocenters. The lowest BCUT2D eigenvalue weighted by Gasteiger charge is -2.04. The molecule has 8 heteroatoms. The van der Waals surface area contributed by atoms with Crippen LogP contribution in [-0.2, 0) is 0 Å². The number of nitro groups is 1. The second kappa shape index (κ2) is 5.43. The smallest absolute Gasteiger partial charge is 0.303 e. The maximum Gasteiger partial charge on any atom is 0.344 e. The Hall–Kier alpha value is -2.19. The molecule has 7 nitrogen and oxygen atoms in total. The van der Waals surface area contributed by atoms with Gasteiger partial charge in [0.25, 0.3) is 0 Å². The lowest BCUT2D eigenvalue weighted by molar-refractivity contribution is -0.387. The molecule has 92 valence electrons. The van der Waals surface area contributed by atoms with Crippen LogP contribution in [0.25, 0.3) is 0 Å². The molecule has 3 N–H and O–H groups in total. The van der Waals surface area contributed by atoms with Gasteiger partial charge in [0.15, 0.2) is 5.03 Å². The molecule has 0 amide bonds. The maximum atomic E-state index is 11.0. The molecule has 0 radical (unpaired) electrons. The Bertz CT molecular complexity index is 563. The Balaban J connectivity index is 2.42. The summed E-state index contributed by atoms with van der Waals surface area (Å²) in [5.41, 5.74) is 1.97. The fraction of sp³-hybridized carbons (Fsp3) is 0. The number of anilines is 1. The highest BCUT2D eigenvalue weighted by molar-refractivity contribution is 7.99. The van der Waals surface area contributed by atoms with Crippen LogP contribution in [-0.4, -0.2) is 14.9 Å². The van der Waals surface area contributed by atoms with E-state index in [4.69, 9.17) is 5.84 Å². The Labute approximate surface area is 107 Å². The van der Waals surface area contributed by atoms with Crippen LogP contribution in [0, 0.1) is 10.1 Å². The molecule has 0 fully saturated rings. The summed E-state index contributed by atoms with van der Waals surface area (Å²) < 4.78 is 0. The minimum Gasteiger partial charge on any atom is -0.303 e. The molecule has 1 heterocycles. The molecule has 0 bridgehead atoms.